The van der Waals surface area contributed by atoms with Crippen molar-refractivity contribution in [2.45, 2.75) is 0 Å². The number of ketones is 2. The summed E-state index contributed by atoms with van der Waals surface area (Å²) in [7, 11) is 0. The molecule has 1 aliphatic rings. The van der Waals surface area contributed by atoms with Gasteiger partial charge in [-0.3, -0.25) is 9.59 Å². The monoisotopic (exact) mass is 206 g/mol. The van der Waals surface area contributed by atoms with E-state index in [2.05, 4.69) is 0 Å². The smallest absolute Gasteiger partial charge is 0.233 e. The SMILES string of the molecule is O=C1C=C(O)c2c(ccc(O)c2O)C1=O. The fourth-order valence-corrected chi connectivity index (χ4v) is 1.42. The Kier molecular flexibility index (Phi) is 1.76. The molecule has 0 radical (unpaired) electrons. The van der Waals surface area contributed by atoms with Crippen LogP contribution in [0.25, 0.3) is 5.76 Å². The molecule has 0 aromatic heterocycles. The number of hydrogen-bond donors (Lipinski definition) is 3. The largest absolute Gasteiger partial charge is 0.507 e. The number of carbonyl (C=O) groups excluding carboxylic acids is 2. The molecule has 15 heavy (non-hydrogen) atoms. The van der Waals surface area contributed by atoms with E-state index in [1.54, 1.807) is 0 Å². The normalized spacial score (nSPS) is 14.8. The van der Waals surface area contributed by atoms with Crippen LogP contribution in [0.5, 0.6) is 11.5 Å². The Morgan fingerprint density at radius 1 is 1.00 bits per heavy atom. The van der Waals surface area contributed by atoms with Gasteiger partial charge in [0.2, 0.25) is 11.6 Å². The average molecular weight is 206 g/mol. The first-order chi connectivity index (χ1) is 7.02. The Bertz CT molecular complexity index is 513. The van der Waals surface area contributed by atoms with E-state index < -0.39 is 28.8 Å². The third-order valence-electron chi connectivity index (χ3n) is 2.15. The van der Waals surface area contributed by atoms with E-state index in [-0.39, 0.29) is 11.1 Å². The number of carbonyl (C=O) groups is 2. The molecule has 0 heterocycles. The summed E-state index contributed by atoms with van der Waals surface area (Å²) in [4.78, 5) is 22.4. The number of aliphatic hydroxyl groups excluding tert-OH is 1. The number of allylic oxidation sites excluding steroid dienone is 1. The number of fused-ring (bicyclic) bond motifs is 1. The van der Waals surface area contributed by atoms with Crippen molar-refractivity contribution in [3.8, 4) is 11.5 Å². The highest BCUT2D eigenvalue weighted by molar-refractivity contribution is 6.50. The molecule has 1 aliphatic carbocycles. The molecule has 0 aliphatic heterocycles. The van der Waals surface area contributed by atoms with Crippen molar-refractivity contribution >= 4 is 17.3 Å². The maximum absolute atomic E-state index is 11.3. The number of rotatable bonds is 0. The maximum atomic E-state index is 11.3. The number of benzene rings is 1. The molecule has 0 unspecified atom stereocenters. The van der Waals surface area contributed by atoms with Crippen molar-refractivity contribution in [2.75, 3.05) is 0 Å². The highest BCUT2D eigenvalue weighted by Gasteiger charge is 2.29. The number of Topliss-reactive ketones (excluding diaryl/α,β-unsaturated/α-hetero) is 1. The van der Waals surface area contributed by atoms with Crippen molar-refractivity contribution in [1.29, 1.82) is 0 Å². The van der Waals surface area contributed by atoms with Gasteiger partial charge in [-0.25, -0.2) is 0 Å². The van der Waals surface area contributed by atoms with Crippen LogP contribution in [0.3, 0.4) is 0 Å². The van der Waals surface area contributed by atoms with E-state index in [1.165, 1.54) is 6.07 Å². The van der Waals surface area contributed by atoms with Gasteiger partial charge in [-0.1, -0.05) is 0 Å². The molecule has 1 aromatic rings. The van der Waals surface area contributed by atoms with Crippen LogP contribution in [0.4, 0.5) is 0 Å². The van der Waals surface area contributed by atoms with Crippen LogP contribution in [0, 0.1) is 0 Å². The highest BCUT2D eigenvalue weighted by Crippen LogP contribution is 2.37. The predicted molar refractivity (Wildman–Crippen MR) is 49.7 cm³/mol. The molecular formula is C10H6O5. The van der Waals surface area contributed by atoms with E-state index in [0.29, 0.717) is 6.08 Å². The Hall–Kier alpha value is -2.30. The average Bonchev–Trinajstić information content (AvgIpc) is 2.18. The summed E-state index contributed by atoms with van der Waals surface area (Å²) in [5.74, 6) is -3.27. The van der Waals surface area contributed by atoms with Gasteiger partial charge < -0.3 is 15.3 Å². The first-order valence-corrected chi connectivity index (χ1v) is 4.07. The van der Waals surface area contributed by atoms with Gasteiger partial charge in [0.15, 0.2) is 11.5 Å². The lowest BCUT2D eigenvalue weighted by Gasteiger charge is -2.13. The zero-order valence-electron chi connectivity index (χ0n) is 7.39. The van der Waals surface area contributed by atoms with Crippen molar-refractivity contribution < 1.29 is 24.9 Å². The summed E-state index contributed by atoms with van der Waals surface area (Å²) in [5, 5.41) is 27.9. The lowest BCUT2D eigenvalue weighted by molar-refractivity contribution is -0.111. The topological polar surface area (TPSA) is 94.8 Å². The Balaban J connectivity index is 2.81. The molecule has 1 aromatic carbocycles. The fourth-order valence-electron chi connectivity index (χ4n) is 1.42. The Morgan fingerprint density at radius 2 is 1.67 bits per heavy atom. The molecule has 0 spiro atoms. The number of hydrogen-bond acceptors (Lipinski definition) is 5. The summed E-state index contributed by atoms with van der Waals surface area (Å²) in [6.07, 6.45) is 0.712. The molecule has 76 valence electrons. The molecule has 0 saturated carbocycles. The number of phenolic OH excluding ortho intramolecular Hbond substituents is 2. The summed E-state index contributed by atoms with van der Waals surface area (Å²) in [6.45, 7) is 0. The first-order valence-electron chi connectivity index (χ1n) is 4.07. The molecule has 3 N–H and O–H groups in total. The minimum absolute atomic E-state index is 0.115. The molecule has 5 heteroatoms. The van der Waals surface area contributed by atoms with Gasteiger partial charge in [0.05, 0.1) is 5.56 Å². The van der Waals surface area contributed by atoms with E-state index in [9.17, 15) is 19.8 Å². The third-order valence-corrected chi connectivity index (χ3v) is 2.15. The second-order valence-corrected chi connectivity index (χ2v) is 3.08. The minimum atomic E-state index is -0.856. The second-order valence-electron chi connectivity index (χ2n) is 3.08. The van der Waals surface area contributed by atoms with Gasteiger partial charge in [-0.05, 0) is 12.1 Å². The zero-order chi connectivity index (χ0) is 11.2. The van der Waals surface area contributed by atoms with Gasteiger partial charge in [-0.15, -0.1) is 0 Å². The lowest BCUT2D eigenvalue weighted by atomic mass is 9.93. The highest BCUT2D eigenvalue weighted by atomic mass is 16.3. The van der Waals surface area contributed by atoms with Crippen molar-refractivity contribution in [3.63, 3.8) is 0 Å². The van der Waals surface area contributed by atoms with Crippen LogP contribution in [-0.2, 0) is 4.79 Å². The quantitative estimate of drug-likeness (QED) is 0.430. The molecule has 5 nitrogen and oxygen atoms in total. The van der Waals surface area contributed by atoms with Crippen LogP contribution >= 0.6 is 0 Å². The minimum Gasteiger partial charge on any atom is -0.507 e. The zero-order valence-corrected chi connectivity index (χ0v) is 7.39. The van der Waals surface area contributed by atoms with Gasteiger partial charge in [0, 0.05) is 11.6 Å². The summed E-state index contributed by atoms with van der Waals surface area (Å²) < 4.78 is 0. The number of phenols is 2. The van der Waals surface area contributed by atoms with Crippen LogP contribution in [0.1, 0.15) is 15.9 Å². The first kappa shape index (κ1) is 9.26. The van der Waals surface area contributed by atoms with E-state index >= 15 is 0 Å². The standard InChI is InChI=1S/C10H6O5/c11-5-2-1-4-8(10(5)15)6(12)3-7(13)9(4)14/h1-3,11-12,15H. The molecule has 0 fully saturated rings. The van der Waals surface area contributed by atoms with Crippen LogP contribution in [-0.4, -0.2) is 26.9 Å². The predicted octanol–water partition coefficient (Wildman–Crippen LogP) is 0.762. The second kappa shape index (κ2) is 2.84. The van der Waals surface area contributed by atoms with Crippen LogP contribution in [0.2, 0.25) is 0 Å². The van der Waals surface area contributed by atoms with Gasteiger partial charge >= 0.3 is 0 Å². The van der Waals surface area contributed by atoms with Crippen LogP contribution in [0.15, 0.2) is 18.2 Å². The summed E-state index contributed by atoms with van der Waals surface area (Å²) in [5.41, 5.74) is -0.324. The molecule has 0 saturated heterocycles. The van der Waals surface area contributed by atoms with Gasteiger partial charge in [0.25, 0.3) is 0 Å². The maximum Gasteiger partial charge on any atom is 0.233 e. The van der Waals surface area contributed by atoms with Crippen LogP contribution < -0.4 is 0 Å². The van der Waals surface area contributed by atoms with E-state index in [1.807, 2.05) is 0 Å². The molecule has 0 atom stereocenters. The molecule has 0 bridgehead atoms. The van der Waals surface area contributed by atoms with Crippen molar-refractivity contribution in [1.82, 2.24) is 0 Å². The van der Waals surface area contributed by atoms with Crippen molar-refractivity contribution in [3.05, 3.63) is 29.3 Å². The fraction of sp³-hybridized carbons (Fsp3) is 0. The van der Waals surface area contributed by atoms with Gasteiger partial charge in [0.1, 0.15) is 5.76 Å². The van der Waals surface area contributed by atoms with Crippen molar-refractivity contribution in [2.24, 2.45) is 0 Å². The number of aliphatic hydroxyl groups is 1. The number of aromatic hydroxyl groups is 2. The van der Waals surface area contributed by atoms with E-state index in [4.69, 9.17) is 5.11 Å². The summed E-state index contributed by atoms with van der Waals surface area (Å²) in [6, 6.07) is 2.26. The molecule has 0 amide bonds. The lowest BCUT2D eigenvalue weighted by Crippen LogP contribution is -2.18. The summed E-state index contributed by atoms with van der Waals surface area (Å²) >= 11 is 0. The van der Waals surface area contributed by atoms with Gasteiger partial charge in [-0.2, -0.15) is 0 Å². The third kappa shape index (κ3) is 1.17. The molecular weight excluding hydrogens is 200 g/mol. The Morgan fingerprint density at radius 3 is 2.33 bits per heavy atom. The molecule has 2 rings (SSSR count). The Labute approximate surface area is 83.9 Å². The van der Waals surface area contributed by atoms with E-state index in [0.717, 1.165) is 6.07 Å².